The lowest BCUT2D eigenvalue weighted by molar-refractivity contribution is 0.0918. The smallest absolute Gasteiger partial charge is 0.268 e. The zero-order valence-corrected chi connectivity index (χ0v) is 15.1. The molecular weight excluding hydrogens is 296 g/mol. The first-order valence-electron chi connectivity index (χ1n) is 9.08. The maximum Gasteiger partial charge on any atom is 0.268 e. The molecule has 0 aliphatic heterocycles. The van der Waals surface area contributed by atoms with E-state index in [0.717, 1.165) is 36.3 Å². The molecule has 1 aliphatic rings. The highest BCUT2D eigenvalue weighted by Crippen LogP contribution is 2.21. The number of carbonyl (C=O) groups is 1. The van der Waals surface area contributed by atoms with Crippen LogP contribution in [0.5, 0.6) is 0 Å². The van der Waals surface area contributed by atoms with Gasteiger partial charge in [-0.1, -0.05) is 49.1 Å². The third kappa shape index (κ3) is 3.72. The number of nitrogens with one attached hydrogen (secondary N) is 1. The van der Waals surface area contributed by atoms with Crippen LogP contribution in [0.3, 0.4) is 0 Å². The SMILES string of the molecule is Cc1cccc(Cn2c(C)cc(C)c2C(=O)NC2CCCCC2)c1. The lowest BCUT2D eigenvalue weighted by Crippen LogP contribution is -2.37. The molecule has 128 valence electrons. The molecule has 1 saturated carbocycles. The molecule has 0 atom stereocenters. The Kier molecular flexibility index (Phi) is 5.08. The zero-order valence-electron chi connectivity index (χ0n) is 15.1. The Bertz CT molecular complexity index is 723. The van der Waals surface area contributed by atoms with Gasteiger partial charge in [0.05, 0.1) is 0 Å². The highest BCUT2D eigenvalue weighted by molar-refractivity contribution is 5.94. The summed E-state index contributed by atoms with van der Waals surface area (Å²) >= 11 is 0. The molecule has 1 N–H and O–H groups in total. The number of aryl methyl sites for hydroxylation is 3. The van der Waals surface area contributed by atoms with Gasteiger partial charge in [0.15, 0.2) is 0 Å². The quantitative estimate of drug-likeness (QED) is 0.881. The Morgan fingerprint density at radius 1 is 1.12 bits per heavy atom. The average Bonchev–Trinajstić information content (AvgIpc) is 2.82. The summed E-state index contributed by atoms with van der Waals surface area (Å²) in [5, 5.41) is 3.27. The minimum atomic E-state index is 0.0835. The van der Waals surface area contributed by atoms with E-state index in [1.807, 2.05) is 6.92 Å². The van der Waals surface area contributed by atoms with Gasteiger partial charge in [-0.05, 0) is 50.8 Å². The van der Waals surface area contributed by atoms with E-state index in [4.69, 9.17) is 0 Å². The number of hydrogen-bond acceptors (Lipinski definition) is 1. The molecule has 0 saturated heterocycles. The van der Waals surface area contributed by atoms with Crippen molar-refractivity contribution >= 4 is 5.91 Å². The third-order valence-corrected chi connectivity index (χ3v) is 5.07. The van der Waals surface area contributed by atoms with Crippen molar-refractivity contribution in [2.24, 2.45) is 0 Å². The Hall–Kier alpha value is -2.03. The van der Waals surface area contributed by atoms with Crippen molar-refractivity contribution in [1.82, 2.24) is 9.88 Å². The van der Waals surface area contributed by atoms with Crippen LogP contribution < -0.4 is 5.32 Å². The maximum absolute atomic E-state index is 12.9. The van der Waals surface area contributed by atoms with Crippen molar-refractivity contribution < 1.29 is 4.79 Å². The number of hydrogen-bond donors (Lipinski definition) is 1. The summed E-state index contributed by atoms with van der Waals surface area (Å²) in [7, 11) is 0. The van der Waals surface area contributed by atoms with Crippen LogP contribution in [0.1, 0.15) is 65.0 Å². The Labute approximate surface area is 145 Å². The molecule has 2 aromatic rings. The zero-order chi connectivity index (χ0) is 17.1. The largest absolute Gasteiger partial charge is 0.348 e. The molecule has 1 amide bonds. The van der Waals surface area contributed by atoms with Crippen LogP contribution in [0.15, 0.2) is 30.3 Å². The lowest BCUT2D eigenvalue weighted by atomic mass is 9.95. The molecule has 1 fully saturated rings. The predicted molar refractivity (Wildman–Crippen MR) is 98.5 cm³/mol. The number of nitrogens with zero attached hydrogens (tertiary/aromatic N) is 1. The second kappa shape index (κ2) is 7.25. The highest BCUT2D eigenvalue weighted by Gasteiger charge is 2.21. The topological polar surface area (TPSA) is 34.0 Å². The standard InChI is InChI=1S/C21H28N2O/c1-15-8-7-9-18(12-15)14-23-17(3)13-16(2)20(23)21(24)22-19-10-5-4-6-11-19/h7-9,12-13,19H,4-6,10-11,14H2,1-3H3,(H,22,24). The molecule has 3 rings (SSSR count). The van der Waals surface area contributed by atoms with Crippen LogP contribution >= 0.6 is 0 Å². The Balaban J connectivity index is 1.83. The van der Waals surface area contributed by atoms with Gasteiger partial charge in [0.2, 0.25) is 0 Å². The minimum absolute atomic E-state index is 0.0835. The number of amides is 1. The average molecular weight is 324 g/mol. The van der Waals surface area contributed by atoms with E-state index in [9.17, 15) is 4.79 Å². The van der Waals surface area contributed by atoms with Gasteiger partial charge < -0.3 is 9.88 Å². The van der Waals surface area contributed by atoms with Crippen LogP contribution in [0.4, 0.5) is 0 Å². The van der Waals surface area contributed by atoms with Crippen molar-refractivity contribution in [2.75, 3.05) is 0 Å². The Morgan fingerprint density at radius 2 is 1.88 bits per heavy atom. The predicted octanol–water partition coefficient (Wildman–Crippen LogP) is 4.52. The van der Waals surface area contributed by atoms with E-state index >= 15 is 0 Å². The van der Waals surface area contributed by atoms with E-state index in [-0.39, 0.29) is 5.91 Å². The van der Waals surface area contributed by atoms with Gasteiger partial charge >= 0.3 is 0 Å². The molecule has 1 aromatic carbocycles. The van der Waals surface area contributed by atoms with Crippen LogP contribution in [-0.4, -0.2) is 16.5 Å². The molecule has 0 spiro atoms. The van der Waals surface area contributed by atoms with E-state index < -0.39 is 0 Å². The summed E-state index contributed by atoms with van der Waals surface area (Å²) in [6.07, 6.45) is 5.99. The van der Waals surface area contributed by atoms with E-state index in [2.05, 4.69) is 54.1 Å². The summed E-state index contributed by atoms with van der Waals surface area (Å²) in [4.78, 5) is 12.9. The maximum atomic E-state index is 12.9. The molecule has 1 aliphatic carbocycles. The first-order valence-corrected chi connectivity index (χ1v) is 9.08. The molecule has 0 radical (unpaired) electrons. The molecule has 1 heterocycles. The number of carbonyl (C=O) groups excluding carboxylic acids is 1. The van der Waals surface area contributed by atoms with Crippen LogP contribution in [0.25, 0.3) is 0 Å². The molecule has 1 aromatic heterocycles. The molecule has 3 nitrogen and oxygen atoms in total. The van der Waals surface area contributed by atoms with Gasteiger partial charge in [-0.25, -0.2) is 0 Å². The second-order valence-corrected chi connectivity index (χ2v) is 7.20. The van der Waals surface area contributed by atoms with Crippen molar-refractivity contribution in [3.8, 4) is 0 Å². The summed E-state index contributed by atoms with van der Waals surface area (Å²) in [5.74, 6) is 0.0835. The second-order valence-electron chi connectivity index (χ2n) is 7.20. The van der Waals surface area contributed by atoms with Crippen molar-refractivity contribution in [2.45, 2.75) is 65.5 Å². The summed E-state index contributed by atoms with van der Waals surface area (Å²) in [5.41, 5.74) is 5.51. The molecule has 24 heavy (non-hydrogen) atoms. The van der Waals surface area contributed by atoms with E-state index in [1.165, 1.54) is 30.4 Å². The molecule has 0 bridgehead atoms. The number of aromatic nitrogens is 1. The fourth-order valence-corrected chi connectivity index (χ4v) is 3.85. The lowest BCUT2D eigenvalue weighted by Gasteiger charge is -2.23. The van der Waals surface area contributed by atoms with Crippen LogP contribution in [-0.2, 0) is 6.54 Å². The third-order valence-electron chi connectivity index (χ3n) is 5.07. The fraction of sp³-hybridized carbons (Fsp3) is 0.476. The molecule has 0 unspecified atom stereocenters. The van der Waals surface area contributed by atoms with Gasteiger partial charge in [-0.2, -0.15) is 0 Å². The van der Waals surface area contributed by atoms with Gasteiger partial charge in [0.1, 0.15) is 5.69 Å². The van der Waals surface area contributed by atoms with Gasteiger partial charge in [-0.3, -0.25) is 4.79 Å². The molecular formula is C21H28N2O. The fourth-order valence-electron chi connectivity index (χ4n) is 3.85. The summed E-state index contributed by atoms with van der Waals surface area (Å²) in [6.45, 7) is 6.97. The number of rotatable bonds is 4. The van der Waals surface area contributed by atoms with Crippen molar-refractivity contribution in [3.63, 3.8) is 0 Å². The highest BCUT2D eigenvalue weighted by atomic mass is 16.2. The normalized spacial score (nSPS) is 15.5. The van der Waals surface area contributed by atoms with Gasteiger partial charge in [0, 0.05) is 18.3 Å². The monoisotopic (exact) mass is 324 g/mol. The van der Waals surface area contributed by atoms with Crippen LogP contribution in [0.2, 0.25) is 0 Å². The van der Waals surface area contributed by atoms with Crippen molar-refractivity contribution in [1.29, 1.82) is 0 Å². The molecule has 3 heteroatoms. The van der Waals surface area contributed by atoms with E-state index in [1.54, 1.807) is 0 Å². The number of benzene rings is 1. The van der Waals surface area contributed by atoms with E-state index in [0.29, 0.717) is 6.04 Å². The minimum Gasteiger partial charge on any atom is -0.348 e. The van der Waals surface area contributed by atoms with Crippen LogP contribution in [0, 0.1) is 20.8 Å². The first kappa shape index (κ1) is 16.8. The van der Waals surface area contributed by atoms with Gasteiger partial charge in [-0.15, -0.1) is 0 Å². The summed E-state index contributed by atoms with van der Waals surface area (Å²) in [6, 6.07) is 11.0. The van der Waals surface area contributed by atoms with Gasteiger partial charge in [0.25, 0.3) is 5.91 Å². The van der Waals surface area contributed by atoms with Crippen molar-refractivity contribution in [3.05, 3.63) is 58.4 Å². The first-order chi connectivity index (χ1) is 11.5. The Morgan fingerprint density at radius 3 is 2.58 bits per heavy atom. The summed E-state index contributed by atoms with van der Waals surface area (Å²) < 4.78 is 2.16.